The quantitative estimate of drug-likeness (QED) is 0.516. The summed E-state index contributed by atoms with van der Waals surface area (Å²) in [5.74, 6) is 0.0804. The topological polar surface area (TPSA) is 62.1 Å². The van der Waals surface area contributed by atoms with Crippen LogP contribution in [0.1, 0.15) is 42.0 Å². The van der Waals surface area contributed by atoms with Gasteiger partial charge >= 0.3 is 6.18 Å². The number of rotatable bonds is 5. The highest BCUT2D eigenvalue weighted by Crippen LogP contribution is 2.32. The van der Waals surface area contributed by atoms with E-state index >= 15 is 0 Å². The molecule has 0 bridgehead atoms. The summed E-state index contributed by atoms with van der Waals surface area (Å²) in [7, 11) is 1.57. The molecule has 29 heavy (non-hydrogen) atoms. The van der Waals surface area contributed by atoms with Gasteiger partial charge in [-0.05, 0) is 65.9 Å². The van der Waals surface area contributed by atoms with Crippen LogP contribution in [-0.4, -0.2) is 13.0 Å². The molecule has 1 N–H and O–H groups in total. The lowest BCUT2D eigenvalue weighted by Gasteiger charge is -2.15. The van der Waals surface area contributed by atoms with Crippen LogP contribution in [0.25, 0.3) is 6.08 Å². The van der Waals surface area contributed by atoms with Gasteiger partial charge in [0, 0.05) is 5.69 Å². The fourth-order valence-corrected chi connectivity index (χ4v) is 2.78. The Balaban J connectivity index is 2.37. The highest BCUT2D eigenvalue weighted by Gasteiger charge is 2.30. The molecule has 2 aromatic rings. The van der Waals surface area contributed by atoms with Gasteiger partial charge in [0.05, 0.1) is 12.7 Å². The van der Waals surface area contributed by atoms with E-state index in [-0.39, 0.29) is 17.2 Å². The molecule has 0 aliphatic heterocycles. The molecule has 0 aliphatic carbocycles. The molecule has 0 fully saturated rings. The van der Waals surface area contributed by atoms with Crippen molar-refractivity contribution < 1.29 is 22.7 Å². The van der Waals surface area contributed by atoms with Crippen LogP contribution in [-0.2, 0) is 11.0 Å². The normalized spacial score (nSPS) is 11.9. The second-order valence-electron chi connectivity index (χ2n) is 6.81. The fourth-order valence-electron chi connectivity index (χ4n) is 2.78. The second-order valence-corrected chi connectivity index (χ2v) is 6.81. The number of benzene rings is 2. The summed E-state index contributed by atoms with van der Waals surface area (Å²) in [6.45, 7) is 5.80. The third-order valence-electron chi connectivity index (χ3n) is 4.35. The van der Waals surface area contributed by atoms with Crippen LogP contribution in [0, 0.1) is 18.3 Å². The summed E-state index contributed by atoms with van der Waals surface area (Å²) in [5, 5.41) is 11.8. The van der Waals surface area contributed by atoms with Crippen molar-refractivity contribution in [3.05, 3.63) is 64.2 Å². The van der Waals surface area contributed by atoms with E-state index in [0.717, 1.165) is 23.3 Å². The molecule has 2 rings (SSSR count). The molecule has 0 atom stereocenters. The number of hydrogen-bond donors (Lipinski definition) is 1. The average Bonchev–Trinajstić information content (AvgIpc) is 2.65. The van der Waals surface area contributed by atoms with Crippen molar-refractivity contribution in [3.8, 4) is 11.8 Å². The SMILES string of the molecule is COc1cc(C)c(/C=C(\C#N)C(=O)Nc2cccc(C(F)(F)F)c2)cc1C(C)C. The number of anilines is 1. The predicted octanol–water partition coefficient (Wildman–Crippen LogP) is 5.69. The molecule has 0 heterocycles. The zero-order valence-corrected chi connectivity index (χ0v) is 16.5. The number of nitrogens with zero attached hydrogens (tertiary/aromatic N) is 1. The van der Waals surface area contributed by atoms with E-state index in [1.807, 2.05) is 39.0 Å². The first-order valence-electron chi connectivity index (χ1n) is 8.85. The molecule has 0 saturated heterocycles. The lowest BCUT2D eigenvalue weighted by Crippen LogP contribution is -2.14. The third kappa shape index (κ3) is 5.38. The molecule has 152 valence electrons. The number of carbonyl (C=O) groups excluding carboxylic acids is 1. The van der Waals surface area contributed by atoms with Crippen molar-refractivity contribution in [2.24, 2.45) is 0 Å². The monoisotopic (exact) mass is 402 g/mol. The summed E-state index contributed by atoms with van der Waals surface area (Å²) in [4.78, 5) is 12.5. The molecule has 4 nitrogen and oxygen atoms in total. The number of halogens is 3. The number of hydrogen-bond acceptors (Lipinski definition) is 3. The van der Waals surface area contributed by atoms with Gasteiger partial charge in [-0.2, -0.15) is 18.4 Å². The Morgan fingerprint density at radius 3 is 2.48 bits per heavy atom. The fraction of sp³-hybridized carbons (Fsp3) is 0.273. The summed E-state index contributed by atoms with van der Waals surface area (Å²) < 4.78 is 43.9. The Labute approximate surface area is 167 Å². The lowest BCUT2D eigenvalue weighted by molar-refractivity contribution is -0.137. The third-order valence-corrected chi connectivity index (χ3v) is 4.35. The minimum Gasteiger partial charge on any atom is -0.496 e. The van der Waals surface area contributed by atoms with E-state index < -0.39 is 17.6 Å². The Morgan fingerprint density at radius 2 is 1.93 bits per heavy atom. The number of amides is 1. The number of nitrogens with one attached hydrogen (secondary N) is 1. The first-order valence-corrected chi connectivity index (χ1v) is 8.85. The molecular formula is C22H21F3N2O2. The number of carbonyl (C=O) groups is 1. The Hall–Kier alpha value is -3.27. The van der Waals surface area contributed by atoms with Gasteiger partial charge in [0.1, 0.15) is 17.4 Å². The summed E-state index contributed by atoms with van der Waals surface area (Å²) in [5.41, 5.74) is 1.23. The standard InChI is InChI=1S/C22H21F3N2O2/c1-13(2)19-10-15(14(3)8-20(19)29-4)9-16(12-26)21(28)27-18-7-5-6-17(11-18)22(23,24)25/h5-11,13H,1-4H3,(H,27,28)/b16-9+. The average molecular weight is 402 g/mol. The lowest BCUT2D eigenvalue weighted by atomic mass is 9.95. The molecule has 0 radical (unpaired) electrons. The zero-order chi connectivity index (χ0) is 21.8. The highest BCUT2D eigenvalue weighted by atomic mass is 19.4. The van der Waals surface area contributed by atoms with Crippen molar-refractivity contribution >= 4 is 17.7 Å². The molecule has 7 heteroatoms. The maximum atomic E-state index is 12.8. The van der Waals surface area contributed by atoms with Gasteiger partial charge in [0.25, 0.3) is 5.91 Å². The molecule has 0 saturated carbocycles. The van der Waals surface area contributed by atoms with Crippen LogP contribution in [0.4, 0.5) is 18.9 Å². The van der Waals surface area contributed by atoms with Crippen LogP contribution in [0.15, 0.2) is 42.0 Å². The van der Waals surface area contributed by atoms with Crippen molar-refractivity contribution in [3.63, 3.8) is 0 Å². The minimum absolute atomic E-state index is 0.0414. The second kappa shape index (κ2) is 8.82. The Morgan fingerprint density at radius 1 is 1.24 bits per heavy atom. The maximum absolute atomic E-state index is 12.8. The maximum Gasteiger partial charge on any atom is 0.416 e. The van der Waals surface area contributed by atoms with E-state index in [0.29, 0.717) is 11.3 Å². The van der Waals surface area contributed by atoms with Crippen LogP contribution >= 0.6 is 0 Å². The summed E-state index contributed by atoms with van der Waals surface area (Å²) >= 11 is 0. The largest absolute Gasteiger partial charge is 0.496 e. The minimum atomic E-state index is -4.53. The molecular weight excluding hydrogens is 381 g/mol. The van der Waals surface area contributed by atoms with Crippen molar-refractivity contribution in [2.45, 2.75) is 32.9 Å². The van der Waals surface area contributed by atoms with Crippen LogP contribution < -0.4 is 10.1 Å². The summed E-state index contributed by atoms with van der Waals surface area (Å²) in [6, 6.07) is 9.73. The number of alkyl halides is 3. The van der Waals surface area contributed by atoms with Crippen molar-refractivity contribution in [2.75, 3.05) is 12.4 Å². The van der Waals surface area contributed by atoms with E-state index in [1.54, 1.807) is 7.11 Å². The number of nitriles is 1. The van der Waals surface area contributed by atoms with E-state index in [9.17, 15) is 23.2 Å². The Kier molecular flexibility index (Phi) is 6.70. The molecule has 0 unspecified atom stereocenters. The predicted molar refractivity (Wildman–Crippen MR) is 105 cm³/mol. The molecule has 0 aliphatic rings. The molecule has 0 aromatic heterocycles. The van der Waals surface area contributed by atoms with Gasteiger partial charge in [0.2, 0.25) is 0 Å². The van der Waals surface area contributed by atoms with Gasteiger partial charge in [-0.3, -0.25) is 4.79 Å². The molecule has 2 aromatic carbocycles. The van der Waals surface area contributed by atoms with Crippen LogP contribution in [0.2, 0.25) is 0 Å². The van der Waals surface area contributed by atoms with Gasteiger partial charge in [-0.25, -0.2) is 0 Å². The van der Waals surface area contributed by atoms with Gasteiger partial charge < -0.3 is 10.1 Å². The summed E-state index contributed by atoms with van der Waals surface area (Å²) in [6.07, 6.45) is -3.11. The highest BCUT2D eigenvalue weighted by molar-refractivity contribution is 6.09. The Bertz CT molecular complexity index is 987. The molecule has 1 amide bonds. The number of methoxy groups -OCH3 is 1. The van der Waals surface area contributed by atoms with Crippen molar-refractivity contribution in [1.82, 2.24) is 0 Å². The van der Waals surface area contributed by atoms with Gasteiger partial charge in [-0.15, -0.1) is 0 Å². The molecule has 0 spiro atoms. The van der Waals surface area contributed by atoms with Crippen LogP contribution in [0.5, 0.6) is 5.75 Å². The van der Waals surface area contributed by atoms with Crippen LogP contribution in [0.3, 0.4) is 0 Å². The smallest absolute Gasteiger partial charge is 0.416 e. The van der Waals surface area contributed by atoms with E-state index in [2.05, 4.69) is 5.32 Å². The van der Waals surface area contributed by atoms with E-state index in [4.69, 9.17) is 4.74 Å². The first kappa shape index (κ1) is 22.0. The number of aryl methyl sites for hydroxylation is 1. The van der Waals surface area contributed by atoms with Gasteiger partial charge in [-0.1, -0.05) is 19.9 Å². The van der Waals surface area contributed by atoms with Crippen molar-refractivity contribution in [1.29, 1.82) is 5.26 Å². The first-order chi connectivity index (χ1) is 13.6. The zero-order valence-electron chi connectivity index (χ0n) is 16.5. The number of ether oxygens (including phenoxy) is 1. The van der Waals surface area contributed by atoms with Gasteiger partial charge in [0.15, 0.2) is 0 Å². The van der Waals surface area contributed by atoms with E-state index in [1.165, 1.54) is 18.2 Å².